The van der Waals surface area contributed by atoms with E-state index in [1.165, 1.54) is 0 Å². The Balaban J connectivity index is 1.83. The molecule has 1 saturated heterocycles. The average Bonchev–Trinajstić information content (AvgIpc) is 2.79. The molecule has 0 saturated carbocycles. The Labute approximate surface area is 190 Å². The van der Waals surface area contributed by atoms with E-state index in [9.17, 15) is 9.59 Å². The van der Waals surface area contributed by atoms with Crippen molar-refractivity contribution in [2.75, 3.05) is 49.7 Å². The number of carbonyl (C=O) groups is 2. The molecule has 0 aromatic heterocycles. The van der Waals surface area contributed by atoms with Gasteiger partial charge < -0.3 is 24.4 Å². The third kappa shape index (κ3) is 5.98. The lowest BCUT2D eigenvalue weighted by atomic mass is 10.1. The third-order valence-corrected chi connectivity index (χ3v) is 5.38. The molecule has 8 heteroatoms. The summed E-state index contributed by atoms with van der Waals surface area (Å²) in [4.78, 5) is 27.6. The van der Waals surface area contributed by atoms with Gasteiger partial charge in [0.2, 0.25) is 0 Å². The van der Waals surface area contributed by atoms with Crippen LogP contribution in [-0.2, 0) is 9.47 Å². The lowest BCUT2D eigenvalue weighted by molar-refractivity contribution is 0.0504. The summed E-state index contributed by atoms with van der Waals surface area (Å²) in [6, 6.07) is 10.5. The molecule has 1 aliphatic heterocycles. The van der Waals surface area contributed by atoms with Crippen LogP contribution in [-0.4, -0.2) is 51.4 Å². The molecular formula is C23H27BrN2O5. The maximum Gasteiger partial charge on any atom is 0.340 e. The molecule has 166 valence electrons. The van der Waals surface area contributed by atoms with E-state index >= 15 is 0 Å². The number of ether oxygens (including phenoxy) is 3. The van der Waals surface area contributed by atoms with Gasteiger partial charge in [-0.25, -0.2) is 4.79 Å². The fourth-order valence-corrected chi connectivity index (χ4v) is 3.74. The number of carbonyl (C=O) groups excluding carboxylic acids is 2. The summed E-state index contributed by atoms with van der Waals surface area (Å²) in [5.41, 5.74) is 2.21. The molecule has 3 rings (SSSR count). The van der Waals surface area contributed by atoms with E-state index < -0.39 is 5.97 Å². The van der Waals surface area contributed by atoms with Crippen LogP contribution in [0.5, 0.6) is 5.75 Å². The number of anilines is 2. The van der Waals surface area contributed by atoms with Crippen LogP contribution in [0.2, 0.25) is 0 Å². The Hall–Kier alpha value is -2.58. The van der Waals surface area contributed by atoms with Crippen LogP contribution in [0.1, 0.15) is 41.0 Å². The predicted octanol–water partition coefficient (Wildman–Crippen LogP) is 4.50. The molecule has 2 aromatic carbocycles. The average molecular weight is 491 g/mol. The minimum Gasteiger partial charge on any atom is -0.493 e. The van der Waals surface area contributed by atoms with Crippen molar-refractivity contribution >= 4 is 39.2 Å². The molecule has 31 heavy (non-hydrogen) atoms. The van der Waals surface area contributed by atoms with Crippen molar-refractivity contribution in [1.29, 1.82) is 0 Å². The van der Waals surface area contributed by atoms with Gasteiger partial charge in [0.1, 0.15) is 5.75 Å². The first kappa shape index (κ1) is 23.1. The number of nitrogens with one attached hydrogen (secondary N) is 1. The largest absolute Gasteiger partial charge is 0.493 e. The van der Waals surface area contributed by atoms with Crippen LogP contribution in [0.15, 0.2) is 40.9 Å². The number of rotatable bonds is 8. The van der Waals surface area contributed by atoms with E-state index in [4.69, 9.17) is 14.2 Å². The molecule has 0 radical (unpaired) electrons. The number of esters is 1. The second-order valence-electron chi connectivity index (χ2n) is 7.00. The van der Waals surface area contributed by atoms with Gasteiger partial charge in [-0.3, -0.25) is 4.79 Å². The number of amides is 1. The van der Waals surface area contributed by atoms with Crippen molar-refractivity contribution in [2.45, 2.75) is 20.3 Å². The summed E-state index contributed by atoms with van der Waals surface area (Å²) in [5, 5.41) is 2.87. The normalized spacial score (nSPS) is 13.6. The third-order valence-electron chi connectivity index (χ3n) is 4.76. The zero-order chi connectivity index (χ0) is 22.2. The van der Waals surface area contributed by atoms with Crippen LogP contribution in [0.25, 0.3) is 0 Å². The molecule has 7 nitrogen and oxygen atoms in total. The molecule has 0 atom stereocenters. The molecular weight excluding hydrogens is 464 g/mol. The van der Waals surface area contributed by atoms with Gasteiger partial charge in [-0.2, -0.15) is 0 Å². The van der Waals surface area contributed by atoms with Crippen LogP contribution >= 0.6 is 15.9 Å². The topological polar surface area (TPSA) is 77.1 Å². The van der Waals surface area contributed by atoms with Gasteiger partial charge in [-0.1, -0.05) is 6.92 Å². The monoisotopic (exact) mass is 490 g/mol. The van der Waals surface area contributed by atoms with Gasteiger partial charge >= 0.3 is 5.97 Å². The van der Waals surface area contributed by atoms with Gasteiger partial charge in [0.25, 0.3) is 5.91 Å². The molecule has 0 aliphatic carbocycles. The first-order valence-electron chi connectivity index (χ1n) is 10.4. The number of benzene rings is 2. The number of morpholine rings is 1. The highest BCUT2D eigenvalue weighted by Crippen LogP contribution is 2.28. The van der Waals surface area contributed by atoms with Gasteiger partial charge in [-0.05, 0) is 65.7 Å². The number of hydrogen-bond acceptors (Lipinski definition) is 6. The van der Waals surface area contributed by atoms with E-state index in [0.717, 1.165) is 12.1 Å². The van der Waals surface area contributed by atoms with E-state index in [2.05, 4.69) is 26.1 Å². The Morgan fingerprint density at radius 2 is 1.90 bits per heavy atom. The fraction of sp³-hybridized carbons (Fsp3) is 0.391. The first-order chi connectivity index (χ1) is 15.0. The standard InChI is InChI=1S/C23H27BrN2O5/c1-3-11-31-23(28)18-15-17(6-7-20(18)26-9-12-29-13-10-26)25-22(27)16-5-8-21(30-4-2)19(24)14-16/h5-8,14-15H,3-4,9-13H2,1-2H3,(H,25,27). The lowest BCUT2D eigenvalue weighted by Crippen LogP contribution is -2.37. The van der Waals surface area contributed by atoms with Crippen molar-refractivity contribution < 1.29 is 23.8 Å². The van der Waals surface area contributed by atoms with Crippen molar-refractivity contribution in [3.05, 3.63) is 52.0 Å². The maximum absolute atomic E-state index is 12.8. The molecule has 1 fully saturated rings. The highest BCUT2D eigenvalue weighted by Gasteiger charge is 2.21. The zero-order valence-corrected chi connectivity index (χ0v) is 19.4. The van der Waals surface area contributed by atoms with Crippen LogP contribution in [0.3, 0.4) is 0 Å². The van der Waals surface area contributed by atoms with Crippen molar-refractivity contribution in [3.63, 3.8) is 0 Å². The summed E-state index contributed by atoms with van der Waals surface area (Å²) >= 11 is 3.43. The quantitative estimate of drug-likeness (QED) is 0.548. The maximum atomic E-state index is 12.8. The van der Waals surface area contributed by atoms with Gasteiger partial charge in [0, 0.05) is 24.3 Å². The van der Waals surface area contributed by atoms with Crippen LogP contribution in [0.4, 0.5) is 11.4 Å². The molecule has 2 aromatic rings. The van der Waals surface area contributed by atoms with E-state index in [0.29, 0.717) is 66.6 Å². The van der Waals surface area contributed by atoms with Crippen molar-refractivity contribution in [3.8, 4) is 5.75 Å². The van der Waals surface area contributed by atoms with Crippen LogP contribution < -0.4 is 15.0 Å². The van der Waals surface area contributed by atoms with E-state index in [1.807, 2.05) is 19.9 Å². The number of nitrogens with zero attached hydrogens (tertiary/aromatic N) is 1. The smallest absolute Gasteiger partial charge is 0.340 e. The summed E-state index contributed by atoms with van der Waals surface area (Å²) in [6.45, 7) is 7.33. The van der Waals surface area contributed by atoms with Gasteiger partial charge in [0.15, 0.2) is 0 Å². The van der Waals surface area contributed by atoms with Gasteiger partial charge in [-0.15, -0.1) is 0 Å². The molecule has 0 bridgehead atoms. The Morgan fingerprint density at radius 1 is 1.13 bits per heavy atom. The van der Waals surface area contributed by atoms with E-state index in [1.54, 1.807) is 30.3 Å². The summed E-state index contributed by atoms with van der Waals surface area (Å²) < 4.78 is 17.0. The van der Waals surface area contributed by atoms with Gasteiger partial charge in [0.05, 0.1) is 42.2 Å². The van der Waals surface area contributed by atoms with E-state index in [-0.39, 0.29) is 5.91 Å². The second-order valence-corrected chi connectivity index (χ2v) is 7.85. The Kier molecular flexibility index (Phi) is 8.31. The molecule has 1 aliphatic rings. The van der Waals surface area contributed by atoms with Crippen molar-refractivity contribution in [1.82, 2.24) is 0 Å². The minimum absolute atomic E-state index is 0.282. The lowest BCUT2D eigenvalue weighted by Gasteiger charge is -2.30. The summed E-state index contributed by atoms with van der Waals surface area (Å²) in [7, 11) is 0. The molecule has 0 unspecified atom stereocenters. The predicted molar refractivity (Wildman–Crippen MR) is 123 cm³/mol. The Morgan fingerprint density at radius 3 is 2.58 bits per heavy atom. The minimum atomic E-state index is -0.400. The zero-order valence-electron chi connectivity index (χ0n) is 17.8. The molecule has 1 heterocycles. The highest BCUT2D eigenvalue weighted by atomic mass is 79.9. The number of halogens is 1. The Bertz CT molecular complexity index is 928. The molecule has 0 spiro atoms. The fourth-order valence-electron chi connectivity index (χ4n) is 3.25. The SMILES string of the molecule is CCCOC(=O)c1cc(NC(=O)c2ccc(OCC)c(Br)c2)ccc1N1CCOCC1. The first-order valence-corrected chi connectivity index (χ1v) is 11.2. The second kappa shape index (κ2) is 11.2. The molecule has 1 N–H and O–H groups in total. The number of hydrogen-bond donors (Lipinski definition) is 1. The summed E-state index contributed by atoms with van der Waals surface area (Å²) in [6.07, 6.45) is 0.738. The van der Waals surface area contributed by atoms with Crippen molar-refractivity contribution in [2.24, 2.45) is 0 Å². The molecule has 1 amide bonds. The summed E-state index contributed by atoms with van der Waals surface area (Å²) in [5.74, 6) is -0.00568. The highest BCUT2D eigenvalue weighted by molar-refractivity contribution is 9.10. The van der Waals surface area contributed by atoms with Crippen LogP contribution in [0, 0.1) is 0 Å².